The largest absolute Gasteiger partial charge is 0.445 e. The Bertz CT molecular complexity index is 434. The van der Waals surface area contributed by atoms with Crippen molar-refractivity contribution in [1.29, 1.82) is 0 Å². The molecule has 0 spiro atoms. The van der Waals surface area contributed by atoms with Crippen molar-refractivity contribution < 1.29 is 14.6 Å². The highest BCUT2D eigenvalue weighted by molar-refractivity contribution is 5.68. The summed E-state index contributed by atoms with van der Waals surface area (Å²) in [5.74, 6) is 0.749. The summed E-state index contributed by atoms with van der Waals surface area (Å²) < 4.78 is 5.28. The maximum atomic E-state index is 11.9. The summed E-state index contributed by atoms with van der Waals surface area (Å²) in [6.45, 7) is 1.68. The summed E-state index contributed by atoms with van der Waals surface area (Å²) in [6, 6.07) is 9.66. The summed E-state index contributed by atoms with van der Waals surface area (Å²) in [7, 11) is 0. The van der Waals surface area contributed by atoms with Crippen molar-refractivity contribution in [1.82, 2.24) is 4.90 Å². The van der Waals surface area contributed by atoms with Crippen LogP contribution < -0.4 is 0 Å². The highest BCUT2D eigenvalue weighted by atomic mass is 16.6. The zero-order chi connectivity index (χ0) is 12.5. The molecule has 1 N–H and O–H groups in total. The van der Waals surface area contributed by atoms with Crippen molar-refractivity contribution >= 4 is 6.09 Å². The van der Waals surface area contributed by atoms with Crippen molar-refractivity contribution in [3.63, 3.8) is 0 Å². The van der Waals surface area contributed by atoms with Crippen LogP contribution in [0.2, 0.25) is 0 Å². The number of aliphatic hydroxyl groups is 1. The third-order valence-electron chi connectivity index (χ3n) is 3.99. The maximum Gasteiger partial charge on any atom is 0.410 e. The molecular formula is C14H17NO3. The third-order valence-corrected chi connectivity index (χ3v) is 3.99. The first kappa shape index (κ1) is 11.5. The van der Waals surface area contributed by atoms with Gasteiger partial charge in [0.05, 0.1) is 6.10 Å². The fraction of sp³-hybridized carbons (Fsp3) is 0.500. The summed E-state index contributed by atoms with van der Waals surface area (Å²) in [5.41, 5.74) is 0.994. The van der Waals surface area contributed by atoms with Gasteiger partial charge in [0.2, 0.25) is 0 Å². The number of hydrogen-bond acceptors (Lipinski definition) is 3. The van der Waals surface area contributed by atoms with Gasteiger partial charge < -0.3 is 14.7 Å². The van der Waals surface area contributed by atoms with Crippen LogP contribution in [-0.4, -0.2) is 35.3 Å². The minimum atomic E-state index is -0.263. The molecule has 1 saturated heterocycles. The number of carbonyl (C=O) groups is 1. The van der Waals surface area contributed by atoms with Crippen LogP contribution in [0.25, 0.3) is 0 Å². The number of hydrogen-bond donors (Lipinski definition) is 1. The fourth-order valence-electron chi connectivity index (χ4n) is 2.83. The quantitative estimate of drug-likeness (QED) is 0.864. The van der Waals surface area contributed by atoms with Crippen LogP contribution in [0.4, 0.5) is 4.79 Å². The number of carbonyl (C=O) groups excluding carboxylic acids is 1. The average molecular weight is 247 g/mol. The molecule has 3 unspecified atom stereocenters. The molecular weight excluding hydrogens is 230 g/mol. The van der Waals surface area contributed by atoms with Gasteiger partial charge in [-0.1, -0.05) is 30.3 Å². The lowest BCUT2D eigenvalue weighted by molar-refractivity contribution is -0.00432. The van der Waals surface area contributed by atoms with Crippen LogP contribution in [0.3, 0.4) is 0 Å². The van der Waals surface area contributed by atoms with Crippen molar-refractivity contribution in [2.75, 3.05) is 13.1 Å². The van der Waals surface area contributed by atoms with E-state index in [0.29, 0.717) is 19.1 Å². The summed E-state index contributed by atoms with van der Waals surface area (Å²) in [4.78, 5) is 13.6. The van der Waals surface area contributed by atoms with Crippen LogP contribution >= 0.6 is 0 Å². The minimum absolute atomic E-state index is 0.220. The van der Waals surface area contributed by atoms with Gasteiger partial charge in [-0.2, -0.15) is 0 Å². The fourth-order valence-corrected chi connectivity index (χ4v) is 2.83. The minimum Gasteiger partial charge on any atom is -0.445 e. The summed E-state index contributed by atoms with van der Waals surface area (Å²) >= 11 is 0. The number of ether oxygens (including phenoxy) is 1. The van der Waals surface area contributed by atoms with E-state index in [0.717, 1.165) is 18.5 Å². The van der Waals surface area contributed by atoms with Crippen molar-refractivity contribution in [2.45, 2.75) is 19.1 Å². The van der Waals surface area contributed by atoms with Gasteiger partial charge in [-0.25, -0.2) is 4.79 Å². The highest BCUT2D eigenvalue weighted by Crippen LogP contribution is 2.40. The topological polar surface area (TPSA) is 49.8 Å². The van der Waals surface area contributed by atoms with Gasteiger partial charge in [0.15, 0.2) is 0 Å². The molecule has 1 amide bonds. The van der Waals surface area contributed by atoms with Gasteiger partial charge in [0.25, 0.3) is 0 Å². The van der Waals surface area contributed by atoms with Crippen molar-refractivity contribution in [3.8, 4) is 0 Å². The van der Waals surface area contributed by atoms with Gasteiger partial charge in [0.1, 0.15) is 6.61 Å². The first-order chi connectivity index (χ1) is 8.74. The zero-order valence-corrected chi connectivity index (χ0v) is 10.2. The summed E-state index contributed by atoms with van der Waals surface area (Å²) in [5, 5.41) is 9.55. The normalized spacial score (nSPS) is 29.6. The number of rotatable bonds is 2. The lowest BCUT2D eigenvalue weighted by Crippen LogP contribution is -2.39. The monoisotopic (exact) mass is 247 g/mol. The molecule has 18 heavy (non-hydrogen) atoms. The number of benzene rings is 1. The average Bonchev–Trinajstić information content (AvgIpc) is 2.74. The molecule has 1 aromatic carbocycles. The van der Waals surface area contributed by atoms with Gasteiger partial charge >= 0.3 is 6.09 Å². The van der Waals surface area contributed by atoms with Gasteiger partial charge in [-0.05, 0) is 17.9 Å². The lowest BCUT2D eigenvalue weighted by Gasteiger charge is -2.34. The molecule has 1 aliphatic carbocycles. The second-order valence-corrected chi connectivity index (χ2v) is 5.17. The second kappa shape index (κ2) is 4.61. The molecule has 1 aliphatic heterocycles. The standard InChI is InChI=1S/C14H17NO3/c16-13-6-11-7-15(8-12(11)13)14(17)18-9-10-4-2-1-3-5-10/h1-5,11-13,16H,6-9H2. The Morgan fingerprint density at radius 3 is 2.78 bits per heavy atom. The Morgan fingerprint density at radius 2 is 2.11 bits per heavy atom. The van der Waals surface area contributed by atoms with E-state index in [1.54, 1.807) is 4.90 Å². The molecule has 0 radical (unpaired) electrons. The Labute approximate surface area is 106 Å². The first-order valence-corrected chi connectivity index (χ1v) is 6.38. The highest BCUT2D eigenvalue weighted by Gasteiger charge is 2.47. The van der Waals surface area contributed by atoms with E-state index < -0.39 is 0 Å². The van der Waals surface area contributed by atoms with Gasteiger partial charge in [0, 0.05) is 19.0 Å². The summed E-state index contributed by atoms with van der Waals surface area (Å²) in [6.07, 6.45) is 0.343. The van der Waals surface area contributed by atoms with E-state index in [1.807, 2.05) is 30.3 Å². The predicted octanol–water partition coefficient (Wildman–Crippen LogP) is 1.64. The zero-order valence-electron chi connectivity index (χ0n) is 10.2. The molecule has 96 valence electrons. The van der Waals surface area contributed by atoms with Crippen LogP contribution in [0.1, 0.15) is 12.0 Å². The van der Waals surface area contributed by atoms with Gasteiger partial charge in [-0.3, -0.25) is 0 Å². The number of amides is 1. The van der Waals surface area contributed by atoms with Crippen LogP contribution in [0, 0.1) is 11.8 Å². The van der Waals surface area contributed by atoms with E-state index in [2.05, 4.69) is 0 Å². The Hall–Kier alpha value is -1.55. The third kappa shape index (κ3) is 2.08. The molecule has 4 heteroatoms. The molecule has 0 bridgehead atoms. The number of nitrogens with zero attached hydrogens (tertiary/aromatic N) is 1. The first-order valence-electron chi connectivity index (χ1n) is 6.38. The van der Waals surface area contributed by atoms with Crippen LogP contribution in [0.5, 0.6) is 0 Å². The molecule has 2 fully saturated rings. The number of fused-ring (bicyclic) bond motifs is 1. The smallest absolute Gasteiger partial charge is 0.410 e. The lowest BCUT2D eigenvalue weighted by atomic mass is 9.74. The molecule has 1 aromatic rings. The van der Waals surface area contributed by atoms with E-state index in [9.17, 15) is 9.90 Å². The van der Waals surface area contributed by atoms with Crippen LogP contribution in [0.15, 0.2) is 30.3 Å². The van der Waals surface area contributed by atoms with Crippen LogP contribution in [-0.2, 0) is 11.3 Å². The molecule has 1 saturated carbocycles. The molecule has 4 nitrogen and oxygen atoms in total. The predicted molar refractivity (Wildman–Crippen MR) is 65.8 cm³/mol. The Kier molecular flexibility index (Phi) is 2.96. The molecule has 1 heterocycles. The molecule has 3 atom stereocenters. The number of aliphatic hydroxyl groups excluding tert-OH is 1. The van der Waals surface area contributed by atoms with E-state index in [4.69, 9.17) is 4.74 Å². The van der Waals surface area contributed by atoms with E-state index in [-0.39, 0.29) is 18.1 Å². The Morgan fingerprint density at radius 1 is 1.33 bits per heavy atom. The Balaban J connectivity index is 1.51. The van der Waals surface area contributed by atoms with Crippen molar-refractivity contribution in [2.24, 2.45) is 11.8 Å². The SMILES string of the molecule is O=C(OCc1ccccc1)N1CC2CC(O)C2C1. The molecule has 0 aromatic heterocycles. The van der Waals surface area contributed by atoms with Gasteiger partial charge in [-0.15, -0.1) is 0 Å². The van der Waals surface area contributed by atoms with E-state index >= 15 is 0 Å². The maximum absolute atomic E-state index is 11.9. The molecule has 2 aliphatic rings. The number of likely N-dealkylation sites (tertiary alicyclic amines) is 1. The second-order valence-electron chi connectivity index (χ2n) is 5.17. The van der Waals surface area contributed by atoms with E-state index in [1.165, 1.54) is 0 Å². The van der Waals surface area contributed by atoms with Crippen molar-refractivity contribution in [3.05, 3.63) is 35.9 Å². The molecule has 3 rings (SSSR count).